The molecule has 0 aliphatic heterocycles. The summed E-state index contributed by atoms with van der Waals surface area (Å²) in [6.45, 7) is 5.75. The summed E-state index contributed by atoms with van der Waals surface area (Å²) in [7, 11) is 0. The van der Waals surface area contributed by atoms with Gasteiger partial charge in [-0.3, -0.25) is 9.78 Å². The van der Waals surface area contributed by atoms with Gasteiger partial charge in [-0.2, -0.15) is 13.2 Å². The number of benzene rings is 1. The molecule has 4 nitrogen and oxygen atoms in total. The topological polar surface area (TPSA) is 45.2 Å². The number of rotatable bonds is 7. The summed E-state index contributed by atoms with van der Waals surface area (Å²) in [4.78, 5) is 18.7. The standard InChI is InChI=1S/C19H21ClF3N3O/c1-3-7-26(8-4-2)15-9-13(11-24-12-15)18(27)25-17-10-14(19(21,22)23)5-6-16(17)20/h5-6,9-12H,3-4,7-8H2,1-2H3,(H,25,27). The molecule has 1 heterocycles. The summed E-state index contributed by atoms with van der Waals surface area (Å²) in [6, 6.07) is 4.47. The van der Waals surface area contributed by atoms with Crippen LogP contribution in [0.2, 0.25) is 5.02 Å². The molecule has 0 aliphatic rings. The molecule has 1 aromatic heterocycles. The van der Waals surface area contributed by atoms with Crippen molar-refractivity contribution in [3.05, 3.63) is 52.8 Å². The monoisotopic (exact) mass is 399 g/mol. The van der Waals surface area contributed by atoms with Gasteiger partial charge in [-0.15, -0.1) is 0 Å². The van der Waals surface area contributed by atoms with Gasteiger partial charge >= 0.3 is 6.18 Å². The second-order valence-corrected chi connectivity index (χ2v) is 6.47. The van der Waals surface area contributed by atoms with Gasteiger partial charge in [0.05, 0.1) is 33.7 Å². The van der Waals surface area contributed by atoms with E-state index in [-0.39, 0.29) is 16.3 Å². The quantitative estimate of drug-likeness (QED) is 0.656. The van der Waals surface area contributed by atoms with Crippen molar-refractivity contribution in [1.82, 2.24) is 4.98 Å². The fourth-order valence-corrected chi connectivity index (χ4v) is 2.79. The van der Waals surface area contributed by atoms with Crippen LogP contribution in [-0.4, -0.2) is 24.0 Å². The smallest absolute Gasteiger partial charge is 0.370 e. The largest absolute Gasteiger partial charge is 0.416 e. The van der Waals surface area contributed by atoms with E-state index in [2.05, 4.69) is 29.0 Å². The van der Waals surface area contributed by atoms with Crippen LogP contribution in [0, 0.1) is 0 Å². The Bertz CT molecular complexity index is 790. The first-order chi connectivity index (χ1) is 12.8. The van der Waals surface area contributed by atoms with Crippen LogP contribution in [-0.2, 0) is 6.18 Å². The van der Waals surface area contributed by atoms with Crippen molar-refractivity contribution in [1.29, 1.82) is 0 Å². The average Bonchev–Trinajstić information content (AvgIpc) is 2.62. The fraction of sp³-hybridized carbons (Fsp3) is 0.368. The van der Waals surface area contributed by atoms with Crippen molar-refractivity contribution < 1.29 is 18.0 Å². The molecule has 0 fully saturated rings. The number of carbonyl (C=O) groups excluding carboxylic acids is 1. The molecule has 1 N–H and O–H groups in total. The van der Waals surface area contributed by atoms with Crippen molar-refractivity contribution in [3.8, 4) is 0 Å². The van der Waals surface area contributed by atoms with E-state index in [9.17, 15) is 18.0 Å². The first kappa shape index (κ1) is 21.0. The molecule has 1 amide bonds. The Kier molecular flexibility index (Phi) is 7.07. The number of aromatic nitrogens is 1. The van der Waals surface area contributed by atoms with Crippen LogP contribution >= 0.6 is 11.6 Å². The first-order valence-corrected chi connectivity index (χ1v) is 9.02. The predicted molar refractivity (Wildman–Crippen MR) is 101 cm³/mol. The van der Waals surface area contributed by atoms with Crippen LogP contribution in [0.5, 0.6) is 0 Å². The van der Waals surface area contributed by atoms with Gasteiger partial charge in [-0.1, -0.05) is 25.4 Å². The number of alkyl halides is 3. The highest BCUT2D eigenvalue weighted by molar-refractivity contribution is 6.34. The molecule has 2 aromatic rings. The van der Waals surface area contributed by atoms with Crippen LogP contribution in [0.3, 0.4) is 0 Å². The van der Waals surface area contributed by atoms with E-state index in [1.165, 1.54) is 6.20 Å². The third-order valence-electron chi connectivity index (χ3n) is 3.88. The number of nitrogens with one attached hydrogen (secondary N) is 1. The van der Waals surface area contributed by atoms with E-state index in [0.29, 0.717) is 0 Å². The van der Waals surface area contributed by atoms with E-state index < -0.39 is 17.6 Å². The summed E-state index contributed by atoms with van der Waals surface area (Å²) < 4.78 is 38.6. The molecule has 8 heteroatoms. The Morgan fingerprint density at radius 3 is 2.41 bits per heavy atom. The molecule has 2 rings (SSSR count). The first-order valence-electron chi connectivity index (χ1n) is 8.64. The number of nitrogens with zero attached hydrogens (tertiary/aromatic N) is 2. The maximum atomic E-state index is 12.9. The number of hydrogen-bond acceptors (Lipinski definition) is 3. The maximum Gasteiger partial charge on any atom is 0.416 e. The van der Waals surface area contributed by atoms with Gasteiger partial charge < -0.3 is 10.2 Å². The Morgan fingerprint density at radius 1 is 1.15 bits per heavy atom. The summed E-state index contributed by atoms with van der Waals surface area (Å²) in [6.07, 6.45) is 0.397. The zero-order chi connectivity index (χ0) is 20.0. The number of halogens is 4. The molecule has 146 valence electrons. The van der Waals surface area contributed by atoms with E-state index in [4.69, 9.17) is 11.6 Å². The maximum absolute atomic E-state index is 12.9. The molecule has 0 aliphatic carbocycles. The summed E-state index contributed by atoms with van der Waals surface area (Å²) in [5.41, 5.74) is 0.0617. The minimum Gasteiger partial charge on any atom is -0.370 e. The molecule has 0 saturated heterocycles. The van der Waals surface area contributed by atoms with Gasteiger partial charge in [0.2, 0.25) is 0 Å². The van der Waals surface area contributed by atoms with E-state index in [1.807, 2.05) is 0 Å². The molecule has 0 saturated carbocycles. The van der Waals surface area contributed by atoms with Crippen molar-refractivity contribution in [2.75, 3.05) is 23.3 Å². The van der Waals surface area contributed by atoms with Gasteiger partial charge in [-0.25, -0.2) is 0 Å². The number of anilines is 2. The summed E-state index contributed by atoms with van der Waals surface area (Å²) >= 11 is 5.94. The molecule has 0 spiro atoms. The minimum atomic E-state index is -4.52. The predicted octanol–water partition coefficient (Wildman–Crippen LogP) is 5.63. The number of hydrogen-bond donors (Lipinski definition) is 1. The second-order valence-electron chi connectivity index (χ2n) is 6.07. The number of amides is 1. The van der Waals surface area contributed by atoms with E-state index in [0.717, 1.165) is 49.8 Å². The normalized spacial score (nSPS) is 11.3. The Hall–Kier alpha value is -2.28. The van der Waals surface area contributed by atoms with Gasteiger partial charge in [0, 0.05) is 19.3 Å². The molecule has 0 radical (unpaired) electrons. The highest BCUT2D eigenvalue weighted by atomic mass is 35.5. The molecule has 0 unspecified atom stereocenters. The zero-order valence-electron chi connectivity index (χ0n) is 15.1. The highest BCUT2D eigenvalue weighted by Gasteiger charge is 2.31. The molecular formula is C19H21ClF3N3O. The highest BCUT2D eigenvalue weighted by Crippen LogP contribution is 2.34. The lowest BCUT2D eigenvalue weighted by molar-refractivity contribution is -0.137. The van der Waals surface area contributed by atoms with Gasteiger partial charge in [-0.05, 0) is 37.1 Å². The summed E-state index contributed by atoms with van der Waals surface area (Å²) in [5, 5.41) is 2.47. The van der Waals surface area contributed by atoms with Crippen molar-refractivity contribution in [2.45, 2.75) is 32.9 Å². The molecule has 27 heavy (non-hydrogen) atoms. The van der Waals surface area contributed by atoms with E-state index >= 15 is 0 Å². The van der Waals surface area contributed by atoms with Crippen LogP contribution < -0.4 is 10.2 Å². The molecule has 1 aromatic carbocycles. The van der Waals surface area contributed by atoms with Crippen molar-refractivity contribution in [3.63, 3.8) is 0 Å². The third-order valence-corrected chi connectivity index (χ3v) is 4.21. The van der Waals surface area contributed by atoms with Gasteiger partial charge in [0.25, 0.3) is 5.91 Å². The van der Waals surface area contributed by atoms with Crippen LogP contribution in [0.1, 0.15) is 42.6 Å². The Labute approximate surface area is 161 Å². The van der Waals surface area contributed by atoms with Crippen LogP contribution in [0.4, 0.5) is 24.5 Å². The van der Waals surface area contributed by atoms with Crippen LogP contribution in [0.15, 0.2) is 36.7 Å². The lowest BCUT2D eigenvalue weighted by Crippen LogP contribution is -2.25. The molecule has 0 bridgehead atoms. The lowest BCUT2D eigenvalue weighted by atomic mass is 10.1. The fourth-order valence-electron chi connectivity index (χ4n) is 2.63. The zero-order valence-corrected chi connectivity index (χ0v) is 15.9. The average molecular weight is 400 g/mol. The second kappa shape index (κ2) is 9.08. The third kappa shape index (κ3) is 5.60. The Morgan fingerprint density at radius 2 is 1.81 bits per heavy atom. The number of carbonyl (C=O) groups is 1. The lowest BCUT2D eigenvalue weighted by Gasteiger charge is -2.23. The van der Waals surface area contributed by atoms with E-state index in [1.54, 1.807) is 12.3 Å². The van der Waals surface area contributed by atoms with Crippen molar-refractivity contribution in [2.24, 2.45) is 0 Å². The van der Waals surface area contributed by atoms with Gasteiger partial charge in [0.15, 0.2) is 0 Å². The van der Waals surface area contributed by atoms with Crippen molar-refractivity contribution >= 4 is 28.9 Å². The Balaban J connectivity index is 2.25. The number of pyridine rings is 1. The summed E-state index contributed by atoms with van der Waals surface area (Å²) in [5.74, 6) is -0.571. The SMILES string of the molecule is CCCN(CCC)c1cncc(C(=O)Nc2cc(C(F)(F)F)ccc2Cl)c1. The minimum absolute atomic E-state index is 0.0269. The van der Waals surface area contributed by atoms with Gasteiger partial charge in [0.1, 0.15) is 0 Å². The molecule has 0 atom stereocenters. The molecular weight excluding hydrogens is 379 g/mol. The van der Waals surface area contributed by atoms with Crippen LogP contribution in [0.25, 0.3) is 0 Å².